The van der Waals surface area contributed by atoms with E-state index in [0.29, 0.717) is 0 Å². The van der Waals surface area contributed by atoms with Crippen LogP contribution in [0.5, 0.6) is 11.5 Å². The lowest BCUT2D eigenvalue weighted by Crippen LogP contribution is -2.25. The minimum absolute atomic E-state index is 0.780. The van der Waals surface area contributed by atoms with Gasteiger partial charge in [-0.1, -0.05) is 43.3 Å². The largest absolute Gasteiger partial charge is 0.493 e. The van der Waals surface area contributed by atoms with Crippen LogP contribution in [0.15, 0.2) is 48.5 Å². The first-order valence-corrected chi connectivity index (χ1v) is 7.74. The van der Waals surface area contributed by atoms with E-state index >= 15 is 0 Å². The van der Waals surface area contributed by atoms with Gasteiger partial charge in [-0.05, 0) is 36.2 Å². The number of hydrogen-bond donors (Lipinski definition) is 0. The predicted molar refractivity (Wildman–Crippen MR) is 90.6 cm³/mol. The van der Waals surface area contributed by atoms with Crippen LogP contribution in [0.25, 0.3) is 0 Å². The van der Waals surface area contributed by atoms with Crippen molar-refractivity contribution >= 4 is 0 Å². The monoisotopic (exact) mass is 299 g/mol. The third-order valence-electron chi connectivity index (χ3n) is 3.86. The van der Waals surface area contributed by atoms with Crippen molar-refractivity contribution < 1.29 is 9.47 Å². The molecule has 3 nitrogen and oxygen atoms in total. The standard InChI is InChI=1S/C19H25NO2/c1-4-20(15-17-8-6-5-7-9-17)13-12-16-10-11-18(21-2)19(14-16)22-3/h5-11,14H,4,12-13,15H2,1-3H3. The van der Waals surface area contributed by atoms with E-state index in [4.69, 9.17) is 9.47 Å². The highest BCUT2D eigenvalue weighted by molar-refractivity contribution is 5.42. The van der Waals surface area contributed by atoms with Crippen LogP contribution in [0.2, 0.25) is 0 Å². The van der Waals surface area contributed by atoms with E-state index in [1.165, 1.54) is 11.1 Å². The molecule has 2 rings (SSSR count). The first kappa shape index (κ1) is 16.4. The van der Waals surface area contributed by atoms with E-state index < -0.39 is 0 Å². The van der Waals surface area contributed by atoms with Crippen LogP contribution in [-0.4, -0.2) is 32.2 Å². The molecule has 0 aliphatic heterocycles. The van der Waals surface area contributed by atoms with Gasteiger partial charge in [-0.25, -0.2) is 0 Å². The van der Waals surface area contributed by atoms with Gasteiger partial charge in [0.2, 0.25) is 0 Å². The molecule has 2 aromatic carbocycles. The summed E-state index contributed by atoms with van der Waals surface area (Å²) < 4.78 is 10.6. The first-order valence-electron chi connectivity index (χ1n) is 7.74. The minimum atomic E-state index is 0.780. The third kappa shape index (κ3) is 4.50. The molecule has 0 fully saturated rings. The van der Waals surface area contributed by atoms with Gasteiger partial charge >= 0.3 is 0 Å². The zero-order chi connectivity index (χ0) is 15.8. The Bertz CT molecular complexity index is 569. The highest BCUT2D eigenvalue weighted by Crippen LogP contribution is 2.27. The lowest BCUT2D eigenvalue weighted by Gasteiger charge is -2.20. The average molecular weight is 299 g/mol. The number of benzene rings is 2. The molecule has 0 N–H and O–H groups in total. The molecule has 0 heterocycles. The van der Waals surface area contributed by atoms with Gasteiger partial charge in [-0.2, -0.15) is 0 Å². The molecule has 0 radical (unpaired) electrons. The molecule has 0 amide bonds. The maximum absolute atomic E-state index is 5.37. The van der Waals surface area contributed by atoms with E-state index in [1.54, 1.807) is 14.2 Å². The Balaban J connectivity index is 1.95. The molecule has 3 heteroatoms. The molecule has 0 saturated carbocycles. The Labute approximate surface area is 133 Å². The summed E-state index contributed by atoms with van der Waals surface area (Å²) in [5.74, 6) is 1.58. The molecule has 118 valence electrons. The SMILES string of the molecule is CCN(CCc1ccc(OC)c(OC)c1)Cc1ccccc1. The summed E-state index contributed by atoms with van der Waals surface area (Å²) in [4.78, 5) is 2.45. The number of nitrogens with zero attached hydrogens (tertiary/aromatic N) is 1. The second-order valence-electron chi connectivity index (χ2n) is 5.29. The molecule has 0 unspecified atom stereocenters. The van der Waals surface area contributed by atoms with Crippen LogP contribution in [0.3, 0.4) is 0 Å². The molecule has 2 aromatic rings. The fraction of sp³-hybridized carbons (Fsp3) is 0.368. The minimum Gasteiger partial charge on any atom is -0.493 e. The van der Waals surface area contributed by atoms with Crippen molar-refractivity contribution in [1.29, 1.82) is 0 Å². The fourth-order valence-corrected chi connectivity index (χ4v) is 2.51. The molecule has 0 saturated heterocycles. The second kappa shape index (κ2) is 8.44. The number of ether oxygens (including phenoxy) is 2. The van der Waals surface area contributed by atoms with E-state index in [1.807, 2.05) is 6.07 Å². The quantitative estimate of drug-likeness (QED) is 0.740. The van der Waals surface area contributed by atoms with Crippen molar-refractivity contribution in [3.05, 3.63) is 59.7 Å². The zero-order valence-electron chi connectivity index (χ0n) is 13.7. The second-order valence-corrected chi connectivity index (χ2v) is 5.29. The van der Waals surface area contributed by atoms with Gasteiger partial charge in [-0.15, -0.1) is 0 Å². The van der Waals surface area contributed by atoms with Crippen molar-refractivity contribution in [2.45, 2.75) is 19.9 Å². The summed E-state index contributed by atoms with van der Waals surface area (Å²) in [5, 5.41) is 0. The van der Waals surface area contributed by atoms with Crippen LogP contribution in [0.4, 0.5) is 0 Å². The molecule has 0 aromatic heterocycles. The van der Waals surface area contributed by atoms with Crippen molar-refractivity contribution in [1.82, 2.24) is 4.90 Å². The lowest BCUT2D eigenvalue weighted by atomic mass is 10.1. The normalized spacial score (nSPS) is 10.7. The fourth-order valence-electron chi connectivity index (χ4n) is 2.51. The number of rotatable bonds is 8. The summed E-state index contributed by atoms with van der Waals surface area (Å²) in [7, 11) is 3.34. The zero-order valence-corrected chi connectivity index (χ0v) is 13.7. The van der Waals surface area contributed by atoms with Crippen molar-refractivity contribution in [2.75, 3.05) is 27.3 Å². The Morgan fingerprint density at radius 3 is 2.23 bits per heavy atom. The van der Waals surface area contributed by atoms with Gasteiger partial charge in [-0.3, -0.25) is 4.90 Å². The van der Waals surface area contributed by atoms with Crippen LogP contribution in [0.1, 0.15) is 18.1 Å². The Morgan fingerprint density at radius 1 is 0.864 bits per heavy atom. The van der Waals surface area contributed by atoms with E-state index in [-0.39, 0.29) is 0 Å². The molecule has 0 aliphatic carbocycles. The van der Waals surface area contributed by atoms with Gasteiger partial charge in [0.25, 0.3) is 0 Å². The maximum atomic E-state index is 5.37. The van der Waals surface area contributed by atoms with Crippen LogP contribution >= 0.6 is 0 Å². The van der Waals surface area contributed by atoms with Gasteiger partial charge in [0, 0.05) is 13.1 Å². The summed E-state index contributed by atoms with van der Waals surface area (Å²) in [6.07, 6.45) is 1.00. The van der Waals surface area contributed by atoms with Gasteiger partial charge < -0.3 is 9.47 Å². The average Bonchev–Trinajstić information content (AvgIpc) is 2.59. The summed E-state index contributed by atoms with van der Waals surface area (Å²) in [5.41, 5.74) is 2.63. The number of likely N-dealkylation sites (N-methyl/N-ethyl adjacent to an activating group) is 1. The highest BCUT2D eigenvalue weighted by Gasteiger charge is 2.07. The number of methoxy groups -OCH3 is 2. The van der Waals surface area contributed by atoms with Gasteiger partial charge in [0.1, 0.15) is 0 Å². The highest BCUT2D eigenvalue weighted by atomic mass is 16.5. The van der Waals surface area contributed by atoms with Crippen molar-refractivity contribution in [3.63, 3.8) is 0 Å². The predicted octanol–water partition coefficient (Wildman–Crippen LogP) is 3.77. The smallest absolute Gasteiger partial charge is 0.160 e. The molecular formula is C19H25NO2. The first-order chi connectivity index (χ1) is 10.8. The maximum Gasteiger partial charge on any atom is 0.160 e. The summed E-state index contributed by atoms with van der Waals surface area (Å²) in [6, 6.07) is 16.8. The Kier molecular flexibility index (Phi) is 6.28. The summed E-state index contributed by atoms with van der Waals surface area (Å²) >= 11 is 0. The topological polar surface area (TPSA) is 21.7 Å². The van der Waals surface area contributed by atoms with Crippen molar-refractivity contribution in [3.8, 4) is 11.5 Å². The molecule has 0 atom stereocenters. The molecule has 0 bridgehead atoms. The molecule has 22 heavy (non-hydrogen) atoms. The molecular weight excluding hydrogens is 274 g/mol. The Hall–Kier alpha value is -2.00. The lowest BCUT2D eigenvalue weighted by molar-refractivity contribution is 0.283. The van der Waals surface area contributed by atoms with Gasteiger partial charge in [0.05, 0.1) is 14.2 Å². The molecule has 0 spiro atoms. The van der Waals surface area contributed by atoms with Crippen LogP contribution in [-0.2, 0) is 13.0 Å². The van der Waals surface area contributed by atoms with Crippen molar-refractivity contribution in [2.24, 2.45) is 0 Å². The Morgan fingerprint density at radius 2 is 1.59 bits per heavy atom. The third-order valence-corrected chi connectivity index (χ3v) is 3.86. The summed E-state index contributed by atoms with van der Waals surface area (Å²) in [6.45, 7) is 5.27. The molecule has 0 aliphatic rings. The number of hydrogen-bond acceptors (Lipinski definition) is 3. The van der Waals surface area contributed by atoms with Crippen LogP contribution < -0.4 is 9.47 Å². The van der Waals surface area contributed by atoms with E-state index in [0.717, 1.165) is 37.6 Å². The van der Waals surface area contributed by atoms with Crippen LogP contribution in [0, 0.1) is 0 Å². The van der Waals surface area contributed by atoms with Gasteiger partial charge in [0.15, 0.2) is 11.5 Å². The van der Waals surface area contributed by atoms with E-state index in [9.17, 15) is 0 Å². The van der Waals surface area contributed by atoms with E-state index in [2.05, 4.69) is 54.3 Å².